The van der Waals surface area contributed by atoms with Crippen LogP contribution in [0.2, 0.25) is 0 Å². The zero-order valence-electron chi connectivity index (χ0n) is 16.0. The number of hydrogen-bond donors (Lipinski definition) is 2. The Morgan fingerprint density at radius 3 is 2.40 bits per heavy atom. The Bertz CT molecular complexity index is 461. The molecule has 0 aromatic heterocycles. The van der Waals surface area contributed by atoms with Crippen molar-refractivity contribution in [1.29, 1.82) is 0 Å². The zero-order valence-corrected chi connectivity index (χ0v) is 19.1. The molecule has 1 rings (SSSR count). The van der Waals surface area contributed by atoms with E-state index < -0.39 is 10.8 Å². The van der Waals surface area contributed by atoms with Crippen LogP contribution in [0.4, 0.5) is 4.79 Å². The number of hydrogen-bond acceptors (Lipinski definition) is 4. The lowest BCUT2D eigenvalue weighted by molar-refractivity contribution is 0.111. The average molecular weight is 488 g/mol. The Kier molecular flexibility index (Phi) is 11.6. The lowest BCUT2D eigenvalue weighted by Gasteiger charge is -2.32. The number of ether oxygens (including phenoxy) is 1. The maximum absolute atomic E-state index is 12.1. The van der Waals surface area contributed by atoms with Crippen LogP contribution < -0.4 is 10.6 Å². The van der Waals surface area contributed by atoms with Crippen molar-refractivity contribution in [1.82, 2.24) is 15.5 Å². The van der Waals surface area contributed by atoms with Crippen molar-refractivity contribution in [2.75, 3.05) is 39.0 Å². The van der Waals surface area contributed by atoms with Gasteiger partial charge in [-0.15, -0.1) is 24.0 Å². The van der Waals surface area contributed by atoms with Crippen LogP contribution in [0.3, 0.4) is 0 Å². The van der Waals surface area contributed by atoms with Gasteiger partial charge in [-0.25, -0.2) is 4.79 Å². The Balaban J connectivity index is 0.00000576. The van der Waals surface area contributed by atoms with E-state index in [2.05, 4.69) is 15.6 Å². The third-order valence-electron chi connectivity index (χ3n) is 3.84. The van der Waals surface area contributed by atoms with E-state index >= 15 is 0 Å². The first-order valence-electron chi connectivity index (χ1n) is 8.54. The highest BCUT2D eigenvalue weighted by molar-refractivity contribution is 14.0. The van der Waals surface area contributed by atoms with Crippen molar-refractivity contribution in [2.45, 2.75) is 51.3 Å². The molecule has 1 atom stereocenters. The summed E-state index contributed by atoms with van der Waals surface area (Å²) in [6.07, 6.45) is 1.44. The molecule has 1 amide bonds. The molecule has 7 nitrogen and oxygen atoms in total. The highest BCUT2D eigenvalue weighted by Crippen LogP contribution is 2.12. The number of aliphatic imine (C=N–C) groups is 1. The fourth-order valence-electron chi connectivity index (χ4n) is 2.40. The molecule has 0 aromatic carbocycles. The predicted molar refractivity (Wildman–Crippen MR) is 114 cm³/mol. The molecule has 148 valence electrons. The number of amides is 1. The van der Waals surface area contributed by atoms with Crippen molar-refractivity contribution < 1.29 is 13.7 Å². The number of guanidine groups is 1. The highest BCUT2D eigenvalue weighted by Gasteiger charge is 2.24. The molecule has 1 saturated heterocycles. The number of methoxy groups -OCH3 is 1. The molecule has 0 bridgehead atoms. The maximum atomic E-state index is 12.1. The minimum atomic E-state index is -0.896. The van der Waals surface area contributed by atoms with Crippen LogP contribution >= 0.6 is 24.0 Å². The average Bonchev–Trinajstić information content (AvgIpc) is 2.54. The molecule has 1 aliphatic heterocycles. The summed E-state index contributed by atoms with van der Waals surface area (Å²) in [7, 11) is 0.511. The summed E-state index contributed by atoms with van der Waals surface area (Å²) >= 11 is 0. The number of piperidine rings is 1. The molecular weight excluding hydrogens is 455 g/mol. The Morgan fingerprint density at radius 1 is 1.32 bits per heavy atom. The third-order valence-corrected chi connectivity index (χ3v) is 5.76. The van der Waals surface area contributed by atoms with Gasteiger partial charge in [-0.05, 0) is 40.5 Å². The third kappa shape index (κ3) is 9.07. The van der Waals surface area contributed by atoms with Crippen molar-refractivity contribution in [3.63, 3.8) is 0 Å². The molecule has 9 heteroatoms. The molecule has 25 heavy (non-hydrogen) atoms. The molecule has 1 unspecified atom stereocenters. The van der Waals surface area contributed by atoms with E-state index in [-0.39, 0.29) is 40.9 Å². The van der Waals surface area contributed by atoms with Crippen LogP contribution in [0.5, 0.6) is 0 Å². The summed E-state index contributed by atoms with van der Waals surface area (Å²) in [5.41, 5.74) is 0. The topological polar surface area (TPSA) is 83.0 Å². The molecule has 1 fully saturated rings. The standard InChI is InChI=1S/C16H32N4O3S.HI/c1-6-17-14(18-9-12-24(22)16(2,3)4)19-13-7-10-20(11-8-13)15(21)23-5;/h13H,6-12H2,1-5H3,(H2,17,18,19);1H. The first-order chi connectivity index (χ1) is 11.3. The smallest absolute Gasteiger partial charge is 0.409 e. The van der Waals surface area contributed by atoms with Gasteiger partial charge in [0.05, 0.1) is 13.7 Å². The number of rotatable bonds is 5. The lowest BCUT2D eigenvalue weighted by atomic mass is 10.1. The molecular formula is C16H33IN4O3S. The van der Waals surface area contributed by atoms with Crippen LogP contribution in [0.25, 0.3) is 0 Å². The monoisotopic (exact) mass is 488 g/mol. The summed E-state index contributed by atoms with van der Waals surface area (Å²) in [4.78, 5) is 17.7. The van der Waals surface area contributed by atoms with E-state index in [9.17, 15) is 9.00 Å². The number of nitrogens with zero attached hydrogens (tertiary/aromatic N) is 2. The summed E-state index contributed by atoms with van der Waals surface area (Å²) in [5.74, 6) is 1.31. The number of halogens is 1. The number of carbonyl (C=O) groups is 1. The normalized spacial score (nSPS) is 17.5. The van der Waals surface area contributed by atoms with Gasteiger partial charge in [-0.1, -0.05) is 0 Å². The van der Waals surface area contributed by atoms with Gasteiger partial charge in [0.2, 0.25) is 0 Å². The second-order valence-corrected chi connectivity index (χ2v) is 9.12. The second kappa shape index (κ2) is 11.9. The molecule has 0 aliphatic carbocycles. The van der Waals surface area contributed by atoms with Crippen LogP contribution in [0.15, 0.2) is 4.99 Å². The van der Waals surface area contributed by atoms with Crippen molar-refractivity contribution in [2.24, 2.45) is 4.99 Å². The Hall–Kier alpha value is -0.580. The fourth-order valence-corrected chi connectivity index (χ4v) is 3.26. The molecule has 0 radical (unpaired) electrons. The molecule has 0 spiro atoms. The van der Waals surface area contributed by atoms with Gasteiger partial charge in [0.15, 0.2) is 5.96 Å². The predicted octanol–water partition coefficient (Wildman–Crippen LogP) is 1.94. The molecule has 0 saturated carbocycles. The van der Waals surface area contributed by atoms with Crippen LogP contribution in [-0.2, 0) is 15.5 Å². The number of likely N-dealkylation sites (tertiary alicyclic amines) is 1. The number of carbonyl (C=O) groups excluding carboxylic acids is 1. The Labute approximate surface area is 171 Å². The van der Waals surface area contributed by atoms with Crippen LogP contribution in [0.1, 0.15) is 40.5 Å². The van der Waals surface area contributed by atoms with Gasteiger partial charge in [0, 0.05) is 47.0 Å². The van der Waals surface area contributed by atoms with Gasteiger partial charge in [0.25, 0.3) is 0 Å². The molecule has 0 aromatic rings. The minimum Gasteiger partial charge on any atom is -0.453 e. The van der Waals surface area contributed by atoms with Gasteiger partial charge in [0.1, 0.15) is 0 Å². The van der Waals surface area contributed by atoms with Crippen LogP contribution in [-0.4, -0.2) is 71.0 Å². The Morgan fingerprint density at radius 2 is 1.92 bits per heavy atom. The van der Waals surface area contributed by atoms with Crippen LogP contribution in [0, 0.1) is 0 Å². The van der Waals surface area contributed by atoms with E-state index in [1.54, 1.807) is 4.90 Å². The first kappa shape index (κ1) is 24.4. The molecule has 1 aliphatic rings. The second-order valence-electron chi connectivity index (χ2n) is 6.80. The van der Waals surface area contributed by atoms with Gasteiger partial charge in [-0.2, -0.15) is 0 Å². The summed E-state index contributed by atoms with van der Waals surface area (Å²) in [6.45, 7) is 10.6. The van der Waals surface area contributed by atoms with E-state index in [0.29, 0.717) is 25.4 Å². The van der Waals surface area contributed by atoms with E-state index in [0.717, 1.165) is 25.3 Å². The zero-order chi connectivity index (χ0) is 18.2. The number of nitrogens with one attached hydrogen (secondary N) is 2. The highest BCUT2D eigenvalue weighted by atomic mass is 127. The van der Waals surface area contributed by atoms with E-state index in [4.69, 9.17) is 4.74 Å². The van der Waals surface area contributed by atoms with Gasteiger partial charge < -0.3 is 20.3 Å². The summed E-state index contributed by atoms with van der Waals surface area (Å²) in [5, 5.41) is 6.63. The van der Waals surface area contributed by atoms with E-state index in [1.165, 1.54) is 7.11 Å². The largest absolute Gasteiger partial charge is 0.453 e. The van der Waals surface area contributed by atoms with Gasteiger partial charge in [-0.3, -0.25) is 9.20 Å². The van der Waals surface area contributed by atoms with Crippen molar-refractivity contribution >= 4 is 46.8 Å². The van der Waals surface area contributed by atoms with Crippen molar-refractivity contribution in [3.8, 4) is 0 Å². The van der Waals surface area contributed by atoms with Crippen molar-refractivity contribution in [3.05, 3.63) is 0 Å². The van der Waals surface area contributed by atoms with Gasteiger partial charge >= 0.3 is 6.09 Å². The summed E-state index contributed by atoms with van der Waals surface area (Å²) < 4.78 is 16.6. The molecule has 2 N–H and O–H groups in total. The minimum absolute atomic E-state index is 0. The first-order valence-corrected chi connectivity index (χ1v) is 9.86. The SMILES string of the molecule is CCNC(=NCCS(=O)C(C)(C)C)NC1CCN(C(=O)OC)CC1.I. The lowest BCUT2D eigenvalue weighted by Crippen LogP contribution is -2.49. The quantitative estimate of drug-likeness (QED) is 0.351. The van der Waals surface area contributed by atoms with E-state index in [1.807, 2.05) is 27.7 Å². The summed E-state index contributed by atoms with van der Waals surface area (Å²) in [6, 6.07) is 0.275. The molecule has 1 heterocycles. The maximum Gasteiger partial charge on any atom is 0.409 e. The fraction of sp³-hybridized carbons (Fsp3) is 0.875.